The Morgan fingerprint density at radius 2 is 2.00 bits per heavy atom. The SMILES string of the molecule is COc1cc(OC)c2c(c1)C1(CCC1)C/C2=N/O. The van der Waals surface area contributed by atoms with Gasteiger partial charge < -0.3 is 14.7 Å². The molecule has 3 rings (SSSR count). The predicted molar refractivity (Wildman–Crippen MR) is 68.0 cm³/mol. The smallest absolute Gasteiger partial charge is 0.132 e. The van der Waals surface area contributed by atoms with E-state index in [9.17, 15) is 5.21 Å². The number of ether oxygens (including phenoxy) is 2. The Morgan fingerprint density at radius 1 is 1.22 bits per heavy atom. The molecule has 0 heterocycles. The minimum atomic E-state index is 0.152. The second-order valence-electron chi connectivity index (χ2n) is 5.11. The van der Waals surface area contributed by atoms with Crippen LogP contribution in [-0.2, 0) is 5.41 Å². The predicted octanol–water partition coefficient (Wildman–Crippen LogP) is 2.71. The zero-order chi connectivity index (χ0) is 12.8. The molecule has 2 aliphatic rings. The zero-order valence-electron chi connectivity index (χ0n) is 10.7. The molecule has 1 fully saturated rings. The molecule has 2 aliphatic carbocycles. The van der Waals surface area contributed by atoms with Crippen LogP contribution in [0.15, 0.2) is 17.3 Å². The van der Waals surface area contributed by atoms with Gasteiger partial charge in [-0.2, -0.15) is 0 Å². The molecule has 0 bridgehead atoms. The fourth-order valence-corrected chi connectivity index (χ4v) is 3.22. The molecule has 1 N–H and O–H groups in total. The van der Waals surface area contributed by atoms with E-state index in [0.29, 0.717) is 0 Å². The summed E-state index contributed by atoms with van der Waals surface area (Å²) in [5.74, 6) is 1.54. The van der Waals surface area contributed by atoms with E-state index in [0.717, 1.165) is 42.0 Å². The van der Waals surface area contributed by atoms with Gasteiger partial charge in [0.15, 0.2) is 0 Å². The number of fused-ring (bicyclic) bond motifs is 2. The molecule has 0 aromatic heterocycles. The van der Waals surface area contributed by atoms with E-state index in [1.54, 1.807) is 14.2 Å². The van der Waals surface area contributed by atoms with Crippen LogP contribution in [0.3, 0.4) is 0 Å². The third kappa shape index (κ3) is 1.35. The van der Waals surface area contributed by atoms with E-state index in [2.05, 4.69) is 11.2 Å². The molecular formula is C14H17NO3. The summed E-state index contributed by atoms with van der Waals surface area (Å²) < 4.78 is 10.8. The van der Waals surface area contributed by atoms with E-state index in [-0.39, 0.29) is 5.41 Å². The van der Waals surface area contributed by atoms with Crippen molar-refractivity contribution in [1.29, 1.82) is 0 Å². The Kier molecular flexibility index (Phi) is 2.47. The van der Waals surface area contributed by atoms with Crippen molar-refractivity contribution < 1.29 is 14.7 Å². The van der Waals surface area contributed by atoms with Gasteiger partial charge in [0, 0.05) is 23.5 Å². The van der Waals surface area contributed by atoms with Gasteiger partial charge in [0.1, 0.15) is 11.5 Å². The van der Waals surface area contributed by atoms with Crippen molar-refractivity contribution in [2.45, 2.75) is 31.1 Å². The number of oxime groups is 1. The van der Waals surface area contributed by atoms with Gasteiger partial charge in [-0.1, -0.05) is 11.6 Å². The standard InChI is InChI=1S/C14H17NO3/c1-17-9-6-10-13(12(7-9)18-2)11(15-16)8-14(10)4-3-5-14/h6-7,16H,3-5,8H2,1-2H3/b15-11-. The largest absolute Gasteiger partial charge is 0.497 e. The van der Waals surface area contributed by atoms with Crippen molar-refractivity contribution in [2.24, 2.45) is 5.16 Å². The van der Waals surface area contributed by atoms with Gasteiger partial charge in [-0.25, -0.2) is 0 Å². The summed E-state index contributed by atoms with van der Waals surface area (Å²) in [6.45, 7) is 0. The highest BCUT2D eigenvalue weighted by Gasteiger charge is 2.48. The molecule has 0 saturated heterocycles. The number of rotatable bonds is 2. The zero-order valence-corrected chi connectivity index (χ0v) is 10.7. The Labute approximate surface area is 106 Å². The van der Waals surface area contributed by atoms with Crippen LogP contribution in [0.25, 0.3) is 0 Å². The van der Waals surface area contributed by atoms with Gasteiger partial charge in [-0.3, -0.25) is 0 Å². The van der Waals surface area contributed by atoms with Crippen LogP contribution in [0.1, 0.15) is 36.8 Å². The lowest BCUT2D eigenvalue weighted by Gasteiger charge is -2.39. The first-order chi connectivity index (χ1) is 8.74. The van der Waals surface area contributed by atoms with E-state index >= 15 is 0 Å². The van der Waals surface area contributed by atoms with Gasteiger partial charge in [0.05, 0.1) is 19.9 Å². The number of hydrogen-bond donors (Lipinski definition) is 1. The van der Waals surface area contributed by atoms with E-state index in [1.165, 1.54) is 12.0 Å². The lowest BCUT2D eigenvalue weighted by Crippen LogP contribution is -2.31. The minimum Gasteiger partial charge on any atom is -0.497 e. The summed E-state index contributed by atoms with van der Waals surface area (Å²) >= 11 is 0. The lowest BCUT2D eigenvalue weighted by molar-refractivity contribution is 0.256. The van der Waals surface area contributed by atoms with Crippen molar-refractivity contribution in [1.82, 2.24) is 0 Å². The molecule has 4 heteroatoms. The highest BCUT2D eigenvalue weighted by atomic mass is 16.5. The first-order valence-electron chi connectivity index (χ1n) is 6.22. The number of methoxy groups -OCH3 is 2. The lowest BCUT2D eigenvalue weighted by atomic mass is 9.65. The third-order valence-electron chi connectivity index (χ3n) is 4.33. The molecule has 0 aliphatic heterocycles. The molecule has 0 unspecified atom stereocenters. The molecule has 4 nitrogen and oxygen atoms in total. The van der Waals surface area contributed by atoms with E-state index in [1.807, 2.05) is 6.07 Å². The molecule has 1 saturated carbocycles. The molecule has 96 valence electrons. The second kappa shape index (κ2) is 3.90. The fourth-order valence-electron chi connectivity index (χ4n) is 3.22. The summed E-state index contributed by atoms with van der Waals surface area (Å²) in [6.07, 6.45) is 4.34. The molecule has 0 amide bonds. The summed E-state index contributed by atoms with van der Waals surface area (Å²) in [6, 6.07) is 3.91. The Bertz CT molecular complexity index is 518. The maximum atomic E-state index is 9.21. The van der Waals surface area contributed by atoms with Crippen LogP contribution in [0.5, 0.6) is 11.5 Å². The second-order valence-corrected chi connectivity index (χ2v) is 5.11. The van der Waals surface area contributed by atoms with Crippen LogP contribution >= 0.6 is 0 Å². The Hall–Kier alpha value is -1.71. The Balaban J connectivity index is 2.23. The van der Waals surface area contributed by atoms with Crippen molar-refractivity contribution in [2.75, 3.05) is 14.2 Å². The van der Waals surface area contributed by atoms with Crippen LogP contribution in [0, 0.1) is 0 Å². The minimum absolute atomic E-state index is 0.152. The number of nitrogens with zero attached hydrogens (tertiary/aromatic N) is 1. The van der Waals surface area contributed by atoms with Crippen molar-refractivity contribution in [3.63, 3.8) is 0 Å². The third-order valence-corrected chi connectivity index (χ3v) is 4.33. The molecule has 1 aromatic carbocycles. The summed E-state index contributed by atoms with van der Waals surface area (Å²) in [5.41, 5.74) is 3.07. The van der Waals surface area contributed by atoms with Crippen molar-refractivity contribution in [3.05, 3.63) is 23.3 Å². The molecule has 18 heavy (non-hydrogen) atoms. The van der Waals surface area contributed by atoms with E-state index in [4.69, 9.17) is 9.47 Å². The van der Waals surface area contributed by atoms with Gasteiger partial charge in [0.2, 0.25) is 0 Å². The highest BCUT2D eigenvalue weighted by Crippen LogP contribution is 2.55. The number of hydrogen-bond acceptors (Lipinski definition) is 4. The topological polar surface area (TPSA) is 51.0 Å². The summed E-state index contributed by atoms with van der Waals surface area (Å²) in [5, 5.41) is 12.7. The Morgan fingerprint density at radius 3 is 2.50 bits per heavy atom. The summed E-state index contributed by atoms with van der Waals surface area (Å²) in [7, 11) is 3.29. The molecule has 0 radical (unpaired) electrons. The van der Waals surface area contributed by atoms with Crippen LogP contribution in [-0.4, -0.2) is 25.1 Å². The average Bonchev–Trinajstić information content (AvgIpc) is 2.72. The number of benzene rings is 1. The monoisotopic (exact) mass is 247 g/mol. The molecule has 1 spiro atoms. The van der Waals surface area contributed by atoms with Gasteiger partial charge in [-0.05, 0) is 24.5 Å². The fraction of sp³-hybridized carbons (Fsp3) is 0.500. The van der Waals surface area contributed by atoms with Gasteiger partial charge in [-0.15, -0.1) is 0 Å². The van der Waals surface area contributed by atoms with Crippen LogP contribution in [0.4, 0.5) is 0 Å². The van der Waals surface area contributed by atoms with Crippen molar-refractivity contribution in [3.8, 4) is 11.5 Å². The summed E-state index contributed by atoms with van der Waals surface area (Å²) in [4.78, 5) is 0. The van der Waals surface area contributed by atoms with Gasteiger partial charge >= 0.3 is 0 Å². The maximum Gasteiger partial charge on any atom is 0.132 e. The first kappa shape index (κ1) is 11.4. The maximum absolute atomic E-state index is 9.21. The quantitative estimate of drug-likeness (QED) is 0.645. The van der Waals surface area contributed by atoms with E-state index < -0.39 is 0 Å². The van der Waals surface area contributed by atoms with Crippen LogP contribution < -0.4 is 9.47 Å². The molecule has 0 atom stereocenters. The molecular weight excluding hydrogens is 230 g/mol. The van der Waals surface area contributed by atoms with Crippen LogP contribution in [0.2, 0.25) is 0 Å². The normalized spacial score (nSPS) is 21.8. The average molecular weight is 247 g/mol. The first-order valence-corrected chi connectivity index (χ1v) is 6.22. The van der Waals surface area contributed by atoms with Gasteiger partial charge in [0.25, 0.3) is 0 Å². The highest BCUT2D eigenvalue weighted by molar-refractivity contribution is 6.08. The van der Waals surface area contributed by atoms with Crippen molar-refractivity contribution >= 4 is 5.71 Å². The molecule has 1 aromatic rings.